The van der Waals surface area contributed by atoms with Crippen LogP contribution in [-0.4, -0.2) is 54.2 Å². The van der Waals surface area contributed by atoms with Gasteiger partial charge in [-0.05, 0) is 19.3 Å². The van der Waals surface area contributed by atoms with E-state index in [1.807, 2.05) is 6.92 Å². The summed E-state index contributed by atoms with van der Waals surface area (Å²) in [6, 6.07) is -0.447. The summed E-state index contributed by atoms with van der Waals surface area (Å²) in [6.07, 6.45) is 0.694. The van der Waals surface area contributed by atoms with Gasteiger partial charge in [-0.2, -0.15) is 0 Å². The fraction of sp³-hybridized carbons (Fsp3) is 0.786. The number of hydrogen-bond donors (Lipinski definition) is 2. The maximum atomic E-state index is 12.0. The third-order valence-corrected chi connectivity index (χ3v) is 3.00. The average Bonchev–Trinajstić information content (AvgIpc) is 2.37. The topological polar surface area (TPSA) is 95.9 Å². The van der Waals surface area contributed by atoms with E-state index in [2.05, 4.69) is 5.32 Å². The van der Waals surface area contributed by atoms with E-state index in [1.165, 1.54) is 4.90 Å². The van der Waals surface area contributed by atoms with Crippen molar-refractivity contribution in [1.29, 1.82) is 0 Å². The van der Waals surface area contributed by atoms with Crippen LogP contribution in [0.5, 0.6) is 0 Å². The number of amides is 2. The molecule has 0 aromatic carbocycles. The minimum atomic E-state index is -0.947. The summed E-state index contributed by atoms with van der Waals surface area (Å²) in [5, 5.41) is 11.7. The van der Waals surface area contributed by atoms with Gasteiger partial charge in [0.1, 0.15) is 6.54 Å². The summed E-state index contributed by atoms with van der Waals surface area (Å²) in [6.45, 7) is 7.73. The molecule has 0 heterocycles. The third-order valence-electron chi connectivity index (χ3n) is 3.00. The van der Waals surface area contributed by atoms with Crippen molar-refractivity contribution in [2.45, 2.75) is 34.1 Å². The Kier molecular flexibility index (Phi) is 9.16. The highest BCUT2D eigenvalue weighted by molar-refractivity contribution is 5.81. The number of carbonyl (C=O) groups excluding carboxylic acids is 2. The van der Waals surface area contributed by atoms with E-state index in [4.69, 9.17) is 9.84 Å². The summed E-state index contributed by atoms with van der Waals surface area (Å²) >= 11 is 0. The van der Waals surface area contributed by atoms with Crippen LogP contribution in [0.25, 0.3) is 0 Å². The second-order valence-corrected chi connectivity index (χ2v) is 5.10. The lowest BCUT2D eigenvalue weighted by Crippen LogP contribution is -2.46. The van der Waals surface area contributed by atoms with Crippen molar-refractivity contribution in [2.24, 2.45) is 11.8 Å². The predicted molar refractivity (Wildman–Crippen MR) is 77.9 cm³/mol. The zero-order valence-electron chi connectivity index (χ0n) is 13.2. The number of carbonyl (C=O) groups is 3. The predicted octanol–water partition coefficient (Wildman–Crippen LogP) is 1.33. The highest BCUT2D eigenvalue weighted by atomic mass is 16.5. The van der Waals surface area contributed by atoms with Gasteiger partial charge in [0.15, 0.2) is 0 Å². The molecule has 7 heteroatoms. The van der Waals surface area contributed by atoms with E-state index < -0.39 is 23.9 Å². The first-order chi connectivity index (χ1) is 9.83. The molecule has 0 aromatic rings. The van der Waals surface area contributed by atoms with Crippen LogP contribution in [0.1, 0.15) is 34.1 Å². The van der Waals surface area contributed by atoms with Crippen molar-refractivity contribution in [3.8, 4) is 0 Å². The molecule has 7 nitrogen and oxygen atoms in total. The van der Waals surface area contributed by atoms with Crippen LogP contribution in [0.3, 0.4) is 0 Å². The van der Waals surface area contributed by atoms with Gasteiger partial charge in [-0.15, -0.1) is 0 Å². The number of urea groups is 1. The van der Waals surface area contributed by atoms with Crippen LogP contribution in [0.4, 0.5) is 4.79 Å². The van der Waals surface area contributed by atoms with Crippen molar-refractivity contribution in [2.75, 3.05) is 26.2 Å². The van der Waals surface area contributed by atoms with Gasteiger partial charge in [0.05, 0.1) is 12.5 Å². The van der Waals surface area contributed by atoms with Gasteiger partial charge in [-0.25, -0.2) is 4.79 Å². The number of nitrogens with zero attached hydrogens (tertiary/aromatic N) is 1. The molecule has 0 radical (unpaired) electrons. The Bertz CT molecular complexity index is 357. The summed E-state index contributed by atoms with van der Waals surface area (Å²) in [7, 11) is 0. The molecule has 0 aromatic heterocycles. The monoisotopic (exact) mass is 302 g/mol. The molecule has 122 valence electrons. The number of carboxylic acid groups (broad SMARTS) is 1. The molecule has 0 bridgehead atoms. The quantitative estimate of drug-likeness (QED) is 0.626. The first kappa shape index (κ1) is 19.2. The number of ether oxygens (including phenoxy) is 1. The molecule has 0 spiro atoms. The smallest absolute Gasteiger partial charge is 0.325 e. The van der Waals surface area contributed by atoms with Crippen LogP contribution in [0.2, 0.25) is 0 Å². The molecule has 1 unspecified atom stereocenters. The molecule has 0 saturated heterocycles. The van der Waals surface area contributed by atoms with Crippen LogP contribution in [0, 0.1) is 11.8 Å². The number of rotatable bonds is 9. The molecular weight excluding hydrogens is 276 g/mol. The van der Waals surface area contributed by atoms with Crippen LogP contribution >= 0.6 is 0 Å². The number of esters is 1. The van der Waals surface area contributed by atoms with E-state index in [-0.39, 0.29) is 25.6 Å². The number of aliphatic carboxylic acids is 1. The first-order valence-corrected chi connectivity index (χ1v) is 7.24. The molecule has 0 rings (SSSR count). The van der Waals surface area contributed by atoms with Crippen LogP contribution in [-0.2, 0) is 14.3 Å². The van der Waals surface area contributed by atoms with Gasteiger partial charge in [0.25, 0.3) is 0 Å². The van der Waals surface area contributed by atoms with Crippen molar-refractivity contribution < 1.29 is 24.2 Å². The Morgan fingerprint density at radius 1 is 1.24 bits per heavy atom. The second-order valence-electron chi connectivity index (χ2n) is 5.10. The fourth-order valence-corrected chi connectivity index (χ4v) is 1.80. The Morgan fingerprint density at radius 3 is 2.29 bits per heavy atom. The molecule has 0 fully saturated rings. The van der Waals surface area contributed by atoms with Gasteiger partial charge < -0.3 is 20.1 Å². The maximum Gasteiger partial charge on any atom is 0.325 e. The van der Waals surface area contributed by atoms with E-state index >= 15 is 0 Å². The minimum Gasteiger partial charge on any atom is -0.481 e. The minimum absolute atomic E-state index is 0.0366. The largest absolute Gasteiger partial charge is 0.481 e. The summed E-state index contributed by atoms with van der Waals surface area (Å²) in [5.41, 5.74) is 0. The van der Waals surface area contributed by atoms with Gasteiger partial charge in [-0.3, -0.25) is 9.59 Å². The van der Waals surface area contributed by atoms with E-state index in [9.17, 15) is 14.4 Å². The first-order valence-electron chi connectivity index (χ1n) is 7.24. The van der Waals surface area contributed by atoms with Crippen molar-refractivity contribution in [1.82, 2.24) is 10.2 Å². The lowest BCUT2D eigenvalue weighted by atomic mass is 9.96. The fourth-order valence-electron chi connectivity index (χ4n) is 1.80. The van der Waals surface area contributed by atoms with Crippen molar-refractivity contribution in [3.63, 3.8) is 0 Å². The normalized spacial score (nSPS) is 11.9. The lowest BCUT2D eigenvalue weighted by molar-refractivity contribution is -0.144. The van der Waals surface area contributed by atoms with Crippen molar-refractivity contribution >= 4 is 18.0 Å². The second kappa shape index (κ2) is 10.0. The molecule has 2 N–H and O–H groups in total. The number of nitrogens with one attached hydrogen (secondary N) is 1. The van der Waals surface area contributed by atoms with Gasteiger partial charge >= 0.3 is 18.0 Å². The molecule has 0 aliphatic carbocycles. The van der Waals surface area contributed by atoms with Gasteiger partial charge in [-0.1, -0.05) is 20.8 Å². The van der Waals surface area contributed by atoms with Crippen molar-refractivity contribution in [3.05, 3.63) is 0 Å². The third kappa shape index (κ3) is 7.53. The summed E-state index contributed by atoms with van der Waals surface area (Å²) < 4.78 is 4.82. The number of carboxylic acids is 1. The van der Waals surface area contributed by atoms with Crippen LogP contribution < -0.4 is 5.32 Å². The maximum absolute atomic E-state index is 12.0. The molecule has 1 atom stereocenters. The standard InChI is InChI=1S/C14H26N2O5/c1-5-7-16(9-12(17)21-6-2)14(20)15-8-11(10(3)4)13(18)19/h10-11H,5-9H2,1-4H3,(H,15,20)(H,18,19). The molecular formula is C14H26N2O5. The Morgan fingerprint density at radius 2 is 1.86 bits per heavy atom. The zero-order valence-corrected chi connectivity index (χ0v) is 13.2. The van der Waals surface area contributed by atoms with Gasteiger partial charge in [0.2, 0.25) is 0 Å². The van der Waals surface area contributed by atoms with Crippen LogP contribution in [0.15, 0.2) is 0 Å². The molecule has 0 aliphatic heterocycles. The SMILES string of the molecule is CCCN(CC(=O)OCC)C(=O)NCC(C(=O)O)C(C)C. The zero-order chi connectivity index (χ0) is 16.4. The lowest BCUT2D eigenvalue weighted by Gasteiger charge is -2.23. The van der Waals surface area contributed by atoms with Gasteiger partial charge in [0, 0.05) is 13.1 Å². The molecule has 0 aliphatic rings. The van der Waals surface area contributed by atoms with E-state index in [0.29, 0.717) is 13.0 Å². The van der Waals surface area contributed by atoms with E-state index in [0.717, 1.165) is 0 Å². The Balaban J connectivity index is 4.53. The summed E-state index contributed by atoms with van der Waals surface area (Å²) in [4.78, 5) is 35.9. The van der Waals surface area contributed by atoms with E-state index in [1.54, 1.807) is 20.8 Å². The molecule has 0 saturated carbocycles. The highest BCUT2D eigenvalue weighted by Crippen LogP contribution is 2.10. The molecule has 21 heavy (non-hydrogen) atoms. The molecule has 2 amide bonds. The Hall–Kier alpha value is -1.79. The Labute approximate surface area is 125 Å². The average molecular weight is 302 g/mol. The number of hydrogen-bond acceptors (Lipinski definition) is 4. The summed E-state index contributed by atoms with van der Waals surface area (Å²) in [5.74, 6) is -2.16. The highest BCUT2D eigenvalue weighted by Gasteiger charge is 2.24.